The average molecular weight is 359 g/mol. The summed E-state index contributed by atoms with van der Waals surface area (Å²) < 4.78 is 1.75. The molecule has 1 aliphatic rings. The normalized spacial score (nSPS) is 15.9. The van der Waals surface area contributed by atoms with Crippen LogP contribution in [-0.4, -0.2) is 20.7 Å². The average Bonchev–Trinajstić information content (AvgIpc) is 3.11. The molecule has 27 heavy (non-hydrogen) atoms. The van der Waals surface area contributed by atoms with E-state index in [-0.39, 0.29) is 11.9 Å². The summed E-state index contributed by atoms with van der Waals surface area (Å²) >= 11 is 0. The number of para-hydroxylation sites is 1. The van der Waals surface area contributed by atoms with Gasteiger partial charge in [-0.25, -0.2) is 4.68 Å². The SMILES string of the molecule is CC1=C(C(=O)Nc2ccccc2C)[C@H](c2ccc(C)cc2)n2ncnc2N1. The number of aromatic nitrogens is 3. The summed E-state index contributed by atoms with van der Waals surface area (Å²) in [5, 5.41) is 10.6. The third-order valence-electron chi connectivity index (χ3n) is 4.83. The summed E-state index contributed by atoms with van der Waals surface area (Å²) in [6, 6.07) is 15.6. The smallest absolute Gasteiger partial charge is 0.255 e. The number of nitrogens with zero attached hydrogens (tertiary/aromatic N) is 3. The lowest BCUT2D eigenvalue weighted by Gasteiger charge is -2.29. The number of carbonyl (C=O) groups excluding carboxylic acids is 1. The zero-order valence-electron chi connectivity index (χ0n) is 15.5. The lowest BCUT2D eigenvalue weighted by Crippen LogP contribution is -2.31. The number of hydrogen-bond acceptors (Lipinski definition) is 4. The largest absolute Gasteiger partial charge is 0.328 e. The number of hydrogen-bond donors (Lipinski definition) is 2. The van der Waals surface area contributed by atoms with Crippen LogP contribution >= 0.6 is 0 Å². The van der Waals surface area contributed by atoms with E-state index in [9.17, 15) is 4.79 Å². The van der Waals surface area contributed by atoms with Crippen molar-refractivity contribution in [2.24, 2.45) is 0 Å². The number of nitrogens with one attached hydrogen (secondary N) is 2. The van der Waals surface area contributed by atoms with Crippen molar-refractivity contribution < 1.29 is 4.79 Å². The minimum absolute atomic E-state index is 0.152. The van der Waals surface area contributed by atoms with Gasteiger partial charge in [-0.1, -0.05) is 48.0 Å². The van der Waals surface area contributed by atoms with Crippen LogP contribution in [0.5, 0.6) is 0 Å². The van der Waals surface area contributed by atoms with Gasteiger partial charge >= 0.3 is 0 Å². The van der Waals surface area contributed by atoms with Gasteiger partial charge in [0.1, 0.15) is 12.4 Å². The van der Waals surface area contributed by atoms with E-state index in [0.717, 1.165) is 28.1 Å². The summed E-state index contributed by atoms with van der Waals surface area (Å²) in [7, 11) is 0. The van der Waals surface area contributed by atoms with Crippen molar-refractivity contribution in [2.75, 3.05) is 10.6 Å². The number of carbonyl (C=O) groups is 1. The van der Waals surface area contributed by atoms with E-state index in [0.29, 0.717) is 11.5 Å². The van der Waals surface area contributed by atoms with Crippen LogP contribution in [-0.2, 0) is 4.79 Å². The van der Waals surface area contributed by atoms with Crippen LogP contribution in [0.25, 0.3) is 0 Å². The van der Waals surface area contributed by atoms with Crippen molar-refractivity contribution in [3.05, 3.63) is 82.8 Å². The Morgan fingerprint density at radius 3 is 2.56 bits per heavy atom. The maximum Gasteiger partial charge on any atom is 0.255 e. The molecule has 1 amide bonds. The van der Waals surface area contributed by atoms with Gasteiger partial charge in [-0.3, -0.25) is 4.79 Å². The fourth-order valence-electron chi connectivity index (χ4n) is 3.34. The summed E-state index contributed by atoms with van der Waals surface area (Å²) in [4.78, 5) is 17.5. The van der Waals surface area contributed by atoms with Crippen LogP contribution in [0.4, 0.5) is 11.6 Å². The van der Waals surface area contributed by atoms with E-state index in [2.05, 4.69) is 20.7 Å². The Bertz CT molecular complexity index is 1030. The quantitative estimate of drug-likeness (QED) is 0.746. The topological polar surface area (TPSA) is 71.8 Å². The molecule has 1 aromatic heterocycles. The molecule has 3 aromatic rings. The monoisotopic (exact) mass is 359 g/mol. The number of aryl methyl sites for hydroxylation is 2. The molecule has 6 nitrogen and oxygen atoms in total. The summed E-state index contributed by atoms with van der Waals surface area (Å²) in [5.41, 5.74) is 5.37. The molecule has 136 valence electrons. The van der Waals surface area contributed by atoms with E-state index in [1.807, 2.05) is 69.3 Å². The van der Waals surface area contributed by atoms with Gasteiger partial charge < -0.3 is 10.6 Å². The second-order valence-electron chi connectivity index (χ2n) is 6.77. The predicted molar refractivity (Wildman–Crippen MR) is 105 cm³/mol. The third kappa shape index (κ3) is 3.10. The van der Waals surface area contributed by atoms with Crippen LogP contribution in [0.15, 0.2) is 66.1 Å². The molecule has 2 heterocycles. The molecule has 1 aliphatic heterocycles. The second-order valence-corrected chi connectivity index (χ2v) is 6.77. The maximum absolute atomic E-state index is 13.2. The Morgan fingerprint density at radius 2 is 1.81 bits per heavy atom. The first-order valence-electron chi connectivity index (χ1n) is 8.85. The number of benzene rings is 2. The first-order chi connectivity index (χ1) is 13.0. The van der Waals surface area contributed by atoms with Crippen LogP contribution in [0.2, 0.25) is 0 Å². The fourth-order valence-corrected chi connectivity index (χ4v) is 3.34. The number of fused-ring (bicyclic) bond motifs is 1. The van der Waals surface area contributed by atoms with Gasteiger partial charge in [0, 0.05) is 11.4 Å². The molecule has 0 saturated heterocycles. The number of anilines is 2. The molecule has 6 heteroatoms. The van der Waals surface area contributed by atoms with E-state index >= 15 is 0 Å². The van der Waals surface area contributed by atoms with Gasteiger partial charge in [-0.2, -0.15) is 10.1 Å². The maximum atomic E-state index is 13.2. The molecule has 0 radical (unpaired) electrons. The van der Waals surface area contributed by atoms with Crippen molar-refractivity contribution in [3.8, 4) is 0 Å². The van der Waals surface area contributed by atoms with Crippen molar-refractivity contribution in [3.63, 3.8) is 0 Å². The van der Waals surface area contributed by atoms with Gasteiger partial charge in [0.15, 0.2) is 0 Å². The van der Waals surface area contributed by atoms with Crippen molar-refractivity contribution in [2.45, 2.75) is 26.8 Å². The molecular formula is C21H21N5O. The minimum Gasteiger partial charge on any atom is -0.328 e. The predicted octanol–water partition coefficient (Wildman–Crippen LogP) is 3.82. The van der Waals surface area contributed by atoms with E-state index in [1.54, 1.807) is 4.68 Å². The van der Waals surface area contributed by atoms with E-state index in [4.69, 9.17) is 0 Å². The van der Waals surface area contributed by atoms with Gasteiger partial charge in [0.2, 0.25) is 5.95 Å². The number of amides is 1. The van der Waals surface area contributed by atoms with Crippen LogP contribution in [0.3, 0.4) is 0 Å². The van der Waals surface area contributed by atoms with Gasteiger partial charge in [0.05, 0.1) is 5.57 Å². The highest BCUT2D eigenvalue weighted by molar-refractivity contribution is 6.06. The summed E-state index contributed by atoms with van der Waals surface area (Å²) in [6.07, 6.45) is 1.50. The Morgan fingerprint density at radius 1 is 1.07 bits per heavy atom. The van der Waals surface area contributed by atoms with Gasteiger partial charge in [-0.15, -0.1) is 0 Å². The van der Waals surface area contributed by atoms with Crippen molar-refractivity contribution in [1.82, 2.24) is 14.8 Å². The molecular weight excluding hydrogens is 338 g/mol. The third-order valence-corrected chi connectivity index (χ3v) is 4.83. The Labute approximate surface area is 157 Å². The Balaban J connectivity index is 1.77. The molecule has 0 fully saturated rings. The van der Waals surface area contributed by atoms with Crippen molar-refractivity contribution >= 4 is 17.5 Å². The van der Waals surface area contributed by atoms with Crippen LogP contribution in [0.1, 0.15) is 29.7 Å². The highest BCUT2D eigenvalue weighted by Gasteiger charge is 2.33. The lowest BCUT2D eigenvalue weighted by molar-refractivity contribution is -0.113. The lowest BCUT2D eigenvalue weighted by atomic mass is 9.94. The van der Waals surface area contributed by atoms with E-state index < -0.39 is 0 Å². The van der Waals surface area contributed by atoms with Gasteiger partial charge in [-0.05, 0) is 38.0 Å². The molecule has 2 aromatic carbocycles. The number of allylic oxidation sites excluding steroid dienone is 1. The Hall–Kier alpha value is -3.41. The second kappa shape index (κ2) is 6.72. The Kier molecular flexibility index (Phi) is 4.24. The first kappa shape index (κ1) is 17.0. The molecule has 2 N–H and O–H groups in total. The first-order valence-corrected chi connectivity index (χ1v) is 8.85. The molecule has 0 bridgehead atoms. The summed E-state index contributed by atoms with van der Waals surface area (Å²) in [5.74, 6) is 0.478. The molecule has 0 saturated carbocycles. The molecule has 0 spiro atoms. The number of rotatable bonds is 3. The van der Waals surface area contributed by atoms with Crippen LogP contribution < -0.4 is 10.6 Å². The zero-order valence-corrected chi connectivity index (χ0v) is 15.5. The molecule has 1 atom stereocenters. The minimum atomic E-state index is -0.339. The highest BCUT2D eigenvalue weighted by Crippen LogP contribution is 2.35. The fraction of sp³-hybridized carbons (Fsp3) is 0.190. The summed E-state index contributed by atoms with van der Waals surface area (Å²) in [6.45, 7) is 5.91. The van der Waals surface area contributed by atoms with Gasteiger partial charge in [0.25, 0.3) is 5.91 Å². The zero-order chi connectivity index (χ0) is 19.0. The molecule has 4 rings (SSSR count). The molecule has 0 unspecified atom stereocenters. The highest BCUT2D eigenvalue weighted by atomic mass is 16.1. The van der Waals surface area contributed by atoms with Crippen LogP contribution in [0, 0.1) is 13.8 Å². The molecule has 0 aliphatic carbocycles. The standard InChI is InChI=1S/C21H21N5O/c1-13-8-10-16(11-9-13)19-18(15(3)24-21-22-12-23-26(19)21)20(27)25-17-7-5-4-6-14(17)2/h4-12,19H,1-3H3,(H,25,27)(H,22,23,24)/t19-/m0/s1. The van der Waals surface area contributed by atoms with E-state index in [1.165, 1.54) is 6.33 Å². The van der Waals surface area contributed by atoms with Crippen molar-refractivity contribution in [1.29, 1.82) is 0 Å².